The Labute approximate surface area is 158 Å². The van der Waals surface area contributed by atoms with Crippen molar-refractivity contribution in [3.63, 3.8) is 0 Å². The summed E-state index contributed by atoms with van der Waals surface area (Å²) >= 11 is 0. The molecule has 0 bridgehead atoms. The molecule has 0 radical (unpaired) electrons. The molecule has 9 heteroatoms. The first kappa shape index (κ1) is 18.7. The molecule has 0 saturated carbocycles. The predicted octanol–water partition coefficient (Wildman–Crippen LogP) is 3.44. The van der Waals surface area contributed by atoms with E-state index >= 15 is 0 Å². The van der Waals surface area contributed by atoms with Crippen molar-refractivity contribution in [1.29, 1.82) is 0 Å². The van der Waals surface area contributed by atoms with Crippen LogP contribution in [0.5, 0.6) is 0 Å². The largest absolute Gasteiger partial charge is 0.416 e. The van der Waals surface area contributed by atoms with Crippen LogP contribution in [-0.4, -0.2) is 25.7 Å². The van der Waals surface area contributed by atoms with E-state index in [-0.39, 0.29) is 17.9 Å². The Balaban J connectivity index is 1.51. The molecule has 3 N–H and O–H groups in total. The first-order valence-corrected chi connectivity index (χ1v) is 8.89. The summed E-state index contributed by atoms with van der Waals surface area (Å²) in [4.78, 5) is 8.24. The monoisotopic (exact) mass is 392 g/mol. The fourth-order valence-electron chi connectivity index (χ4n) is 3.66. The minimum absolute atomic E-state index is 0.163. The number of hydrogen-bond acceptors (Lipinski definition) is 5. The number of alkyl halides is 3. The number of benzene rings is 1. The number of nitrogen functional groups attached to an aromatic ring is 1. The average molecular weight is 392 g/mol. The molecule has 6 nitrogen and oxygen atoms in total. The molecule has 4 rings (SSSR count). The smallest absolute Gasteiger partial charge is 0.392 e. The van der Waals surface area contributed by atoms with Crippen molar-refractivity contribution in [1.82, 2.24) is 14.5 Å². The highest BCUT2D eigenvalue weighted by atomic mass is 19.4. The molecule has 2 atom stereocenters. The number of nitrogens with zero attached hydrogens (tertiary/aromatic N) is 3. The second-order valence-electron chi connectivity index (χ2n) is 6.85. The van der Waals surface area contributed by atoms with Crippen molar-refractivity contribution < 1.29 is 23.0 Å². The topological polar surface area (TPSA) is 86.2 Å². The van der Waals surface area contributed by atoms with Crippen LogP contribution in [0.4, 0.5) is 19.0 Å². The molecule has 148 valence electrons. The van der Waals surface area contributed by atoms with Crippen LogP contribution in [0.1, 0.15) is 35.8 Å². The lowest BCUT2D eigenvalue weighted by atomic mass is 9.98. The van der Waals surface area contributed by atoms with Gasteiger partial charge in [0.2, 0.25) is 0 Å². The fraction of sp³-hybridized carbons (Fsp3) is 0.368. The average Bonchev–Trinajstić information content (AvgIpc) is 3.28. The van der Waals surface area contributed by atoms with E-state index in [1.165, 1.54) is 12.4 Å². The quantitative estimate of drug-likeness (QED) is 0.710. The Morgan fingerprint density at radius 2 is 2.00 bits per heavy atom. The summed E-state index contributed by atoms with van der Waals surface area (Å²) in [6.45, 7) is -0.451. The zero-order valence-electron chi connectivity index (χ0n) is 14.9. The Bertz CT molecular complexity index is 1000. The summed E-state index contributed by atoms with van der Waals surface area (Å²) in [6, 6.07) is 5.30. The molecule has 1 saturated heterocycles. The first-order valence-electron chi connectivity index (χ1n) is 8.89. The minimum Gasteiger partial charge on any atom is -0.392 e. The fourth-order valence-corrected chi connectivity index (χ4v) is 3.66. The van der Waals surface area contributed by atoms with Gasteiger partial charge in [-0.1, -0.05) is 6.07 Å². The summed E-state index contributed by atoms with van der Waals surface area (Å²) in [6.07, 6.45) is 0.338. The Kier molecular flexibility index (Phi) is 4.72. The molecule has 1 aromatic carbocycles. The van der Waals surface area contributed by atoms with Gasteiger partial charge in [0.05, 0.1) is 23.7 Å². The predicted molar refractivity (Wildman–Crippen MR) is 96.2 cm³/mol. The molecule has 2 aromatic heterocycles. The first-order chi connectivity index (χ1) is 13.4. The van der Waals surface area contributed by atoms with E-state index in [9.17, 15) is 18.3 Å². The van der Waals surface area contributed by atoms with Crippen LogP contribution in [0, 0.1) is 0 Å². The zero-order valence-corrected chi connectivity index (χ0v) is 14.9. The van der Waals surface area contributed by atoms with E-state index in [0.29, 0.717) is 23.4 Å². The van der Waals surface area contributed by atoms with E-state index in [4.69, 9.17) is 10.5 Å². The van der Waals surface area contributed by atoms with Gasteiger partial charge in [-0.05, 0) is 48.6 Å². The molecule has 1 fully saturated rings. The van der Waals surface area contributed by atoms with E-state index in [1.54, 1.807) is 0 Å². The standard InChI is InChI=1S/C19H19F3N4O2/c20-19(21,22)13-2-1-11(12(7-13)9-27)8-14-3-4-16(28-14)26-6-5-15-17(23)24-10-25-18(15)26/h1-2,5-7,10,14,16,27H,3-4,8-9H2,(H2,23,24,25). The second kappa shape index (κ2) is 7.06. The number of halogens is 3. The molecule has 3 heterocycles. The van der Waals surface area contributed by atoms with Crippen molar-refractivity contribution in [2.45, 2.75) is 44.4 Å². The Hall–Kier alpha value is -2.65. The van der Waals surface area contributed by atoms with Crippen LogP contribution in [0.2, 0.25) is 0 Å². The SMILES string of the molecule is Nc1ncnc2c1ccn2C1CCC(Cc2ccc(C(F)(F)F)cc2CO)O1. The van der Waals surface area contributed by atoms with E-state index in [2.05, 4.69) is 9.97 Å². The van der Waals surface area contributed by atoms with Crippen molar-refractivity contribution in [2.75, 3.05) is 5.73 Å². The third-order valence-electron chi connectivity index (χ3n) is 5.09. The van der Waals surface area contributed by atoms with Gasteiger partial charge in [0, 0.05) is 6.20 Å². The maximum Gasteiger partial charge on any atom is 0.416 e. The molecule has 28 heavy (non-hydrogen) atoms. The minimum atomic E-state index is -4.43. The Morgan fingerprint density at radius 1 is 1.18 bits per heavy atom. The number of anilines is 1. The van der Waals surface area contributed by atoms with Gasteiger partial charge in [-0.2, -0.15) is 13.2 Å². The summed E-state index contributed by atoms with van der Waals surface area (Å²) in [5, 5.41) is 10.2. The van der Waals surface area contributed by atoms with Gasteiger partial charge >= 0.3 is 6.18 Å². The van der Waals surface area contributed by atoms with Crippen LogP contribution in [0.25, 0.3) is 11.0 Å². The maximum atomic E-state index is 12.9. The maximum absolute atomic E-state index is 12.9. The number of ether oxygens (including phenoxy) is 1. The van der Waals surface area contributed by atoms with Crippen LogP contribution < -0.4 is 5.73 Å². The Morgan fingerprint density at radius 3 is 2.75 bits per heavy atom. The van der Waals surface area contributed by atoms with Gasteiger partial charge in [-0.15, -0.1) is 0 Å². The van der Waals surface area contributed by atoms with Gasteiger partial charge < -0.3 is 20.1 Å². The lowest BCUT2D eigenvalue weighted by Gasteiger charge is -2.18. The van der Waals surface area contributed by atoms with Gasteiger partial charge in [0.1, 0.15) is 24.0 Å². The highest BCUT2D eigenvalue weighted by molar-refractivity contribution is 5.86. The number of rotatable bonds is 4. The van der Waals surface area contributed by atoms with Crippen molar-refractivity contribution in [2.24, 2.45) is 0 Å². The zero-order chi connectivity index (χ0) is 19.9. The number of aliphatic hydroxyl groups excluding tert-OH is 1. The third kappa shape index (κ3) is 3.43. The van der Waals surface area contributed by atoms with Gasteiger partial charge in [0.15, 0.2) is 0 Å². The van der Waals surface area contributed by atoms with Crippen LogP contribution >= 0.6 is 0 Å². The lowest BCUT2D eigenvalue weighted by molar-refractivity contribution is -0.137. The van der Waals surface area contributed by atoms with Crippen molar-refractivity contribution >= 4 is 16.9 Å². The second-order valence-corrected chi connectivity index (χ2v) is 6.85. The molecular weight excluding hydrogens is 373 g/mol. The van der Waals surface area contributed by atoms with Gasteiger partial charge in [-0.25, -0.2) is 9.97 Å². The van der Waals surface area contributed by atoms with Gasteiger partial charge in [0.25, 0.3) is 0 Å². The van der Waals surface area contributed by atoms with E-state index < -0.39 is 18.3 Å². The van der Waals surface area contributed by atoms with E-state index in [1.807, 2.05) is 16.8 Å². The summed E-state index contributed by atoms with van der Waals surface area (Å²) < 4.78 is 46.6. The normalized spacial score (nSPS) is 20.1. The number of hydrogen-bond donors (Lipinski definition) is 2. The molecule has 0 aliphatic carbocycles. The third-order valence-corrected chi connectivity index (χ3v) is 5.09. The van der Waals surface area contributed by atoms with Crippen LogP contribution in [0.15, 0.2) is 36.8 Å². The molecular formula is C19H19F3N4O2. The summed E-state index contributed by atoms with van der Waals surface area (Å²) in [7, 11) is 0. The highest BCUT2D eigenvalue weighted by Gasteiger charge is 2.32. The van der Waals surface area contributed by atoms with Crippen molar-refractivity contribution in [3.8, 4) is 0 Å². The van der Waals surface area contributed by atoms with Crippen LogP contribution in [0.3, 0.4) is 0 Å². The summed E-state index contributed by atoms with van der Waals surface area (Å²) in [5.41, 5.74) is 6.71. The number of fused-ring (bicyclic) bond motifs is 1. The van der Waals surface area contributed by atoms with Gasteiger partial charge in [-0.3, -0.25) is 0 Å². The van der Waals surface area contributed by atoms with Crippen molar-refractivity contribution in [3.05, 3.63) is 53.5 Å². The molecule has 1 aliphatic rings. The lowest BCUT2D eigenvalue weighted by Crippen LogP contribution is -2.15. The van der Waals surface area contributed by atoms with E-state index in [0.717, 1.165) is 30.4 Å². The molecule has 0 spiro atoms. The summed E-state index contributed by atoms with van der Waals surface area (Å²) in [5.74, 6) is 0.399. The highest BCUT2D eigenvalue weighted by Crippen LogP contribution is 2.35. The molecule has 1 aliphatic heterocycles. The number of aliphatic hydroxyl groups is 1. The van der Waals surface area contributed by atoms with Crippen LogP contribution in [-0.2, 0) is 23.9 Å². The number of aromatic nitrogens is 3. The molecule has 3 aromatic rings. The molecule has 0 amide bonds. The number of nitrogens with two attached hydrogens (primary N) is 1. The molecule has 2 unspecified atom stereocenters.